The van der Waals surface area contributed by atoms with Gasteiger partial charge in [-0.05, 0) is 73.0 Å². The third kappa shape index (κ3) is 5.37. The van der Waals surface area contributed by atoms with Crippen LogP contribution < -0.4 is 10.2 Å². The highest BCUT2D eigenvalue weighted by Crippen LogP contribution is 2.39. The van der Waals surface area contributed by atoms with Crippen LogP contribution in [0.1, 0.15) is 50.6 Å². The predicted octanol–water partition coefficient (Wildman–Crippen LogP) is 5.96. The summed E-state index contributed by atoms with van der Waals surface area (Å²) in [5.74, 6) is -0.479. The number of nitriles is 1. The molecule has 35 heavy (non-hydrogen) atoms. The lowest BCUT2D eigenvalue weighted by Gasteiger charge is -2.26. The molecular weight excluding hydrogens is 462 g/mol. The second-order valence-corrected chi connectivity index (χ2v) is 9.05. The van der Waals surface area contributed by atoms with Crippen LogP contribution >= 0.6 is 11.6 Å². The molecule has 0 aliphatic carbocycles. The monoisotopic (exact) mass is 487 g/mol. The highest BCUT2D eigenvalue weighted by Gasteiger charge is 2.32. The molecule has 7 heteroatoms. The van der Waals surface area contributed by atoms with Crippen molar-refractivity contribution in [1.29, 1.82) is 5.26 Å². The maximum atomic E-state index is 13.6. The quantitative estimate of drug-likeness (QED) is 0.481. The van der Waals surface area contributed by atoms with E-state index in [9.17, 15) is 14.9 Å². The van der Waals surface area contributed by atoms with Crippen molar-refractivity contribution in [2.75, 3.05) is 23.9 Å². The number of halogens is 1. The van der Waals surface area contributed by atoms with Crippen molar-refractivity contribution in [3.8, 4) is 6.07 Å². The first kappa shape index (κ1) is 24.5. The Morgan fingerprint density at radius 3 is 2.57 bits per heavy atom. The molecule has 2 atom stereocenters. The van der Waals surface area contributed by atoms with Crippen LogP contribution in [-0.4, -0.2) is 31.6 Å². The number of methoxy groups -OCH3 is 1. The molecule has 3 aromatic carbocycles. The molecule has 1 aliphatic rings. The molecule has 0 saturated carbocycles. The first-order chi connectivity index (χ1) is 16.9. The Hall–Kier alpha value is -3.66. The Bertz CT molecular complexity index is 1280. The summed E-state index contributed by atoms with van der Waals surface area (Å²) in [5, 5.41) is 12.8. The molecule has 1 aliphatic heterocycles. The highest BCUT2D eigenvalue weighted by atomic mass is 35.5. The van der Waals surface area contributed by atoms with E-state index in [0.717, 1.165) is 16.8 Å². The van der Waals surface area contributed by atoms with E-state index in [1.54, 1.807) is 48.4 Å². The van der Waals surface area contributed by atoms with Gasteiger partial charge in [0.15, 0.2) is 0 Å². The summed E-state index contributed by atoms with van der Waals surface area (Å²) in [4.78, 5) is 27.9. The van der Waals surface area contributed by atoms with Crippen LogP contribution in [0.25, 0.3) is 0 Å². The smallest absolute Gasteiger partial charge is 0.258 e. The number of nitrogens with one attached hydrogen (secondary N) is 1. The Labute approximate surface area is 210 Å². The molecule has 2 unspecified atom stereocenters. The molecule has 4 rings (SSSR count). The normalized spacial score (nSPS) is 17.1. The molecule has 0 fully saturated rings. The van der Waals surface area contributed by atoms with E-state index >= 15 is 0 Å². The topological polar surface area (TPSA) is 82.4 Å². The number of fused-ring (bicyclic) bond motifs is 1. The number of aryl methyl sites for hydroxylation is 1. The number of carbonyl (C=O) groups excluding carboxylic acids is 2. The standard InChI is InChI=1S/C28H26ClN3O3/c1-18-5-3-4-6-24(18)27(33)31-22-10-7-19(8-11-22)28(34)32-17-23(35-2)15-20(13-14-30)25-16-21(29)9-12-26(25)32/h3-12,16,20,23H,13,15,17H2,1-2H3,(H,31,33). The second-order valence-electron chi connectivity index (χ2n) is 8.62. The summed E-state index contributed by atoms with van der Waals surface area (Å²) in [6.07, 6.45) is 0.700. The van der Waals surface area contributed by atoms with Crippen molar-refractivity contribution >= 4 is 34.8 Å². The first-order valence-electron chi connectivity index (χ1n) is 11.4. The van der Waals surface area contributed by atoms with Gasteiger partial charge in [0.05, 0.1) is 18.7 Å². The lowest BCUT2D eigenvalue weighted by molar-refractivity contribution is 0.0853. The molecule has 0 aromatic heterocycles. The van der Waals surface area contributed by atoms with E-state index in [1.807, 2.05) is 37.3 Å². The van der Waals surface area contributed by atoms with Gasteiger partial charge in [0.2, 0.25) is 0 Å². The van der Waals surface area contributed by atoms with E-state index in [0.29, 0.717) is 41.2 Å². The molecule has 178 valence electrons. The summed E-state index contributed by atoms with van der Waals surface area (Å²) >= 11 is 6.27. The first-order valence-corrected chi connectivity index (χ1v) is 11.8. The fourth-order valence-corrected chi connectivity index (χ4v) is 4.64. The van der Waals surface area contributed by atoms with Gasteiger partial charge < -0.3 is 15.0 Å². The minimum absolute atomic E-state index is 0.0875. The minimum Gasteiger partial charge on any atom is -0.380 e. The number of hydrogen-bond donors (Lipinski definition) is 1. The average molecular weight is 488 g/mol. The van der Waals surface area contributed by atoms with E-state index in [4.69, 9.17) is 16.3 Å². The third-order valence-electron chi connectivity index (χ3n) is 6.35. The van der Waals surface area contributed by atoms with E-state index in [2.05, 4.69) is 11.4 Å². The molecule has 1 heterocycles. The van der Waals surface area contributed by atoms with Gasteiger partial charge >= 0.3 is 0 Å². The zero-order valence-corrected chi connectivity index (χ0v) is 20.4. The van der Waals surface area contributed by atoms with Crippen LogP contribution in [0.2, 0.25) is 5.02 Å². The number of anilines is 2. The fraction of sp³-hybridized carbons (Fsp3) is 0.250. The summed E-state index contributed by atoms with van der Waals surface area (Å²) in [6, 6.07) is 21.9. The zero-order chi connectivity index (χ0) is 24.9. The van der Waals surface area contributed by atoms with Gasteiger partial charge in [0.25, 0.3) is 11.8 Å². The van der Waals surface area contributed by atoms with Crippen molar-refractivity contribution < 1.29 is 14.3 Å². The van der Waals surface area contributed by atoms with Crippen LogP contribution in [0.3, 0.4) is 0 Å². The van der Waals surface area contributed by atoms with Crippen LogP contribution in [0.5, 0.6) is 0 Å². The molecule has 0 saturated heterocycles. The minimum atomic E-state index is -0.226. The van der Waals surface area contributed by atoms with E-state index in [-0.39, 0.29) is 23.8 Å². The molecule has 0 spiro atoms. The van der Waals surface area contributed by atoms with E-state index in [1.165, 1.54) is 0 Å². The summed E-state index contributed by atoms with van der Waals surface area (Å²) in [6.45, 7) is 2.25. The fourth-order valence-electron chi connectivity index (χ4n) is 4.46. The number of carbonyl (C=O) groups is 2. The molecule has 1 N–H and O–H groups in total. The maximum Gasteiger partial charge on any atom is 0.258 e. The largest absolute Gasteiger partial charge is 0.380 e. The molecule has 0 bridgehead atoms. The Morgan fingerprint density at radius 2 is 1.89 bits per heavy atom. The van der Waals surface area contributed by atoms with Crippen LogP contribution in [0.15, 0.2) is 66.7 Å². The van der Waals surface area contributed by atoms with Crippen molar-refractivity contribution in [2.24, 2.45) is 0 Å². The van der Waals surface area contributed by atoms with Gasteiger partial charge in [-0.15, -0.1) is 0 Å². The zero-order valence-electron chi connectivity index (χ0n) is 19.6. The molecule has 2 amide bonds. The molecular formula is C28H26ClN3O3. The highest BCUT2D eigenvalue weighted by molar-refractivity contribution is 6.30. The molecule has 0 radical (unpaired) electrons. The van der Waals surface area contributed by atoms with Crippen molar-refractivity contribution in [2.45, 2.75) is 31.8 Å². The van der Waals surface area contributed by atoms with Gasteiger partial charge in [-0.25, -0.2) is 0 Å². The number of ether oxygens (including phenoxy) is 1. The van der Waals surface area contributed by atoms with Gasteiger partial charge in [-0.2, -0.15) is 5.26 Å². The Morgan fingerprint density at radius 1 is 1.14 bits per heavy atom. The van der Waals surface area contributed by atoms with Crippen molar-refractivity contribution in [3.05, 3.63) is 94.0 Å². The average Bonchev–Trinajstić information content (AvgIpc) is 3.01. The Kier molecular flexibility index (Phi) is 7.50. The SMILES string of the molecule is COC1CC(CC#N)c2cc(Cl)ccc2N(C(=O)c2ccc(NC(=O)c3ccccc3C)cc2)C1. The van der Waals surface area contributed by atoms with Crippen molar-refractivity contribution in [1.82, 2.24) is 0 Å². The summed E-state index contributed by atoms with van der Waals surface area (Å²) < 4.78 is 5.66. The Balaban J connectivity index is 1.60. The lowest BCUT2D eigenvalue weighted by atomic mass is 9.91. The summed E-state index contributed by atoms with van der Waals surface area (Å²) in [7, 11) is 1.62. The maximum absolute atomic E-state index is 13.6. The van der Waals surface area contributed by atoms with Gasteiger partial charge in [0, 0.05) is 47.0 Å². The van der Waals surface area contributed by atoms with Crippen LogP contribution in [-0.2, 0) is 4.74 Å². The van der Waals surface area contributed by atoms with Crippen molar-refractivity contribution in [3.63, 3.8) is 0 Å². The van der Waals surface area contributed by atoms with Gasteiger partial charge in [0.1, 0.15) is 0 Å². The number of rotatable bonds is 5. The third-order valence-corrected chi connectivity index (χ3v) is 6.58. The summed E-state index contributed by atoms with van der Waals surface area (Å²) in [5.41, 5.74) is 4.17. The second kappa shape index (κ2) is 10.7. The number of nitrogens with zero attached hydrogens (tertiary/aromatic N) is 2. The van der Waals surface area contributed by atoms with Crippen LogP contribution in [0.4, 0.5) is 11.4 Å². The van der Waals surface area contributed by atoms with Crippen LogP contribution in [0, 0.1) is 18.3 Å². The lowest BCUT2D eigenvalue weighted by Crippen LogP contribution is -2.37. The number of benzene rings is 3. The van der Waals surface area contributed by atoms with E-state index < -0.39 is 0 Å². The molecule has 6 nitrogen and oxygen atoms in total. The number of amides is 2. The molecule has 3 aromatic rings. The number of hydrogen-bond acceptors (Lipinski definition) is 4. The van der Waals surface area contributed by atoms with Gasteiger partial charge in [-0.3, -0.25) is 9.59 Å². The predicted molar refractivity (Wildman–Crippen MR) is 137 cm³/mol. The van der Waals surface area contributed by atoms with Gasteiger partial charge in [-0.1, -0.05) is 29.8 Å².